The van der Waals surface area contributed by atoms with Crippen LogP contribution in [0.25, 0.3) is 0 Å². The van der Waals surface area contributed by atoms with Gasteiger partial charge in [0.05, 0.1) is 17.3 Å². The fourth-order valence-corrected chi connectivity index (χ4v) is 2.68. The van der Waals surface area contributed by atoms with E-state index >= 15 is 0 Å². The van der Waals surface area contributed by atoms with Crippen molar-refractivity contribution in [3.8, 4) is 5.75 Å². The number of nitrogens with zero attached hydrogens (tertiary/aromatic N) is 1. The number of amides is 1. The third-order valence-corrected chi connectivity index (χ3v) is 4.02. The maximum absolute atomic E-state index is 12.3. The molecule has 0 aliphatic carbocycles. The Morgan fingerprint density at radius 3 is 2.88 bits per heavy atom. The number of ether oxygens (including phenoxy) is 2. The number of nitrogens with one attached hydrogen (secondary N) is 1. The van der Waals surface area contributed by atoms with E-state index in [1.54, 1.807) is 23.6 Å². The minimum atomic E-state index is -0.335. The van der Waals surface area contributed by atoms with E-state index < -0.39 is 0 Å². The quantitative estimate of drug-likeness (QED) is 0.673. The van der Waals surface area contributed by atoms with Crippen molar-refractivity contribution in [2.45, 2.75) is 13.5 Å². The van der Waals surface area contributed by atoms with E-state index in [1.165, 1.54) is 11.3 Å². The Hall–Kier alpha value is -1.38. The number of hydrogen-bond donors (Lipinski definition) is 2. The van der Waals surface area contributed by atoms with E-state index in [1.807, 2.05) is 6.92 Å². The van der Waals surface area contributed by atoms with Gasteiger partial charge in [-0.3, -0.25) is 4.79 Å². The normalized spacial score (nSPS) is 10.1. The van der Waals surface area contributed by atoms with Crippen LogP contribution < -0.4 is 15.8 Å². The van der Waals surface area contributed by atoms with Crippen molar-refractivity contribution in [1.82, 2.24) is 4.98 Å². The van der Waals surface area contributed by atoms with Gasteiger partial charge in [0.1, 0.15) is 17.3 Å². The first-order chi connectivity index (χ1) is 11.2. The molecule has 0 radical (unpaired) electrons. The summed E-state index contributed by atoms with van der Waals surface area (Å²) in [6.45, 7) is 3.61. The van der Waals surface area contributed by atoms with Crippen LogP contribution in [-0.4, -0.2) is 30.7 Å². The maximum Gasteiger partial charge on any atom is 0.275 e. The Bertz CT molecular complexity index is 667. The molecule has 0 aliphatic rings. The zero-order valence-electron chi connectivity index (χ0n) is 13.1. The standard InChI is InChI=1S/C15H18ClN3O3S.ClH/c1-2-21-6-7-22-14-10(16)4-3-5-11(14)19-15(20)12-9-23-13(8-17)18-12;/h3-5,9H,2,6-8,17H2,1H3,(H,19,20);1H. The Kier molecular flexibility index (Phi) is 9.02. The van der Waals surface area contributed by atoms with Crippen molar-refractivity contribution in [2.24, 2.45) is 5.73 Å². The van der Waals surface area contributed by atoms with Crippen LogP contribution >= 0.6 is 35.3 Å². The number of aromatic nitrogens is 1. The minimum Gasteiger partial charge on any atom is -0.487 e. The Morgan fingerprint density at radius 2 is 2.21 bits per heavy atom. The minimum absolute atomic E-state index is 0. The summed E-state index contributed by atoms with van der Waals surface area (Å²) in [5.74, 6) is 0.0781. The second-order valence-electron chi connectivity index (χ2n) is 4.45. The molecule has 9 heteroatoms. The largest absolute Gasteiger partial charge is 0.487 e. The molecule has 0 saturated heterocycles. The van der Waals surface area contributed by atoms with Gasteiger partial charge in [-0.2, -0.15) is 0 Å². The van der Waals surface area contributed by atoms with Crippen LogP contribution in [0.4, 0.5) is 5.69 Å². The number of para-hydroxylation sites is 1. The van der Waals surface area contributed by atoms with E-state index in [0.717, 1.165) is 0 Å². The summed E-state index contributed by atoms with van der Waals surface area (Å²) < 4.78 is 10.8. The van der Waals surface area contributed by atoms with E-state index in [4.69, 9.17) is 26.8 Å². The van der Waals surface area contributed by atoms with E-state index in [2.05, 4.69) is 10.3 Å². The third-order valence-electron chi connectivity index (χ3n) is 2.85. The molecule has 1 aromatic heterocycles. The number of halogens is 2. The summed E-state index contributed by atoms with van der Waals surface area (Å²) in [5.41, 5.74) is 6.31. The van der Waals surface area contributed by atoms with Gasteiger partial charge in [-0.15, -0.1) is 23.7 Å². The smallest absolute Gasteiger partial charge is 0.275 e. The van der Waals surface area contributed by atoms with Crippen LogP contribution in [0.2, 0.25) is 5.02 Å². The molecule has 2 aromatic rings. The number of rotatable bonds is 8. The highest BCUT2D eigenvalue weighted by atomic mass is 35.5. The van der Waals surface area contributed by atoms with Gasteiger partial charge < -0.3 is 20.5 Å². The van der Waals surface area contributed by atoms with Gasteiger partial charge in [-0.1, -0.05) is 17.7 Å². The van der Waals surface area contributed by atoms with Gasteiger partial charge in [0.15, 0.2) is 5.75 Å². The highest BCUT2D eigenvalue weighted by molar-refractivity contribution is 7.09. The molecule has 2 rings (SSSR count). The zero-order chi connectivity index (χ0) is 16.7. The van der Waals surface area contributed by atoms with Gasteiger partial charge in [-0.05, 0) is 19.1 Å². The lowest BCUT2D eigenvalue weighted by atomic mass is 10.2. The summed E-state index contributed by atoms with van der Waals surface area (Å²) in [5, 5.41) is 5.54. The second-order valence-corrected chi connectivity index (χ2v) is 5.80. The molecule has 0 aliphatic heterocycles. The molecule has 3 N–H and O–H groups in total. The number of anilines is 1. The lowest BCUT2D eigenvalue weighted by molar-refractivity contribution is 0.102. The second kappa shape index (κ2) is 10.5. The first-order valence-corrected chi connectivity index (χ1v) is 8.36. The van der Waals surface area contributed by atoms with Crippen LogP contribution in [0, 0.1) is 0 Å². The van der Waals surface area contributed by atoms with Crippen molar-refractivity contribution in [3.63, 3.8) is 0 Å². The average Bonchev–Trinajstić information content (AvgIpc) is 3.03. The van der Waals surface area contributed by atoms with Gasteiger partial charge in [-0.25, -0.2) is 4.98 Å². The fraction of sp³-hybridized carbons (Fsp3) is 0.333. The molecule has 0 bridgehead atoms. The molecule has 0 saturated carbocycles. The van der Waals surface area contributed by atoms with E-state index in [0.29, 0.717) is 53.5 Å². The van der Waals surface area contributed by atoms with E-state index in [-0.39, 0.29) is 18.3 Å². The predicted octanol–water partition coefficient (Wildman–Crippen LogP) is 3.34. The van der Waals surface area contributed by atoms with Gasteiger partial charge >= 0.3 is 0 Å². The summed E-state index contributed by atoms with van der Waals surface area (Å²) in [4.78, 5) is 16.4. The first-order valence-electron chi connectivity index (χ1n) is 7.10. The number of thiazole rings is 1. The first kappa shape index (κ1) is 20.7. The van der Waals surface area contributed by atoms with Crippen molar-refractivity contribution in [2.75, 3.05) is 25.1 Å². The molecule has 1 aromatic carbocycles. The van der Waals surface area contributed by atoms with Crippen LogP contribution in [-0.2, 0) is 11.3 Å². The molecule has 0 fully saturated rings. The van der Waals surface area contributed by atoms with E-state index in [9.17, 15) is 4.79 Å². The third kappa shape index (κ3) is 5.61. The number of carbonyl (C=O) groups is 1. The van der Waals surface area contributed by atoms with Crippen LogP contribution in [0.1, 0.15) is 22.4 Å². The van der Waals surface area contributed by atoms with Gasteiger partial charge in [0.25, 0.3) is 5.91 Å². The topological polar surface area (TPSA) is 86.5 Å². The summed E-state index contributed by atoms with van der Waals surface area (Å²) in [6, 6.07) is 5.15. The fourth-order valence-electron chi connectivity index (χ4n) is 1.80. The number of benzene rings is 1. The van der Waals surface area contributed by atoms with Gasteiger partial charge in [0.2, 0.25) is 0 Å². The molecule has 0 unspecified atom stereocenters. The molecular formula is C15H19Cl2N3O3S. The van der Waals surface area contributed by atoms with Crippen molar-refractivity contribution in [3.05, 3.63) is 39.3 Å². The number of carbonyl (C=O) groups excluding carboxylic acids is 1. The molecule has 0 atom stereocenters. The van der Waals surface area contributed by atoms with Crippen molar-refractivity contribution in [1.29, 1.82) is 0 Å². The molecular weight excluding hydrogens is 373 g/mol. The zero-order valence-corrected chi connectivity index (χ0v) is 15.5. The van der Waals surface area contributed by atoms with Crippen LogP contribution in [0.5, 0.6) is 5.75 Å². The Morgan fingerprint density at radius 1 is 1.42 bits per heavy atom. The highest BCUT2D eigenvalue weighted by Gasteiger charge is 2.15. The molecule has 24 heavy (non-hydrogen) atoms. The SMILES string of the molecule is CCOCCOc1c(Cl)cccc1NC(=O)c1csc(CN)n1.Cl. The molecule has 0 spiro atoms. The maximum atomic E-state index is 12.3. The summed E-state index contributed by atoms with van der Waals surface area (Å²) >= 11 is 7.50. The lowest BCUT2D eigenvalue weighted by Gasteiger charge is -2.13. The van der Waals surface area contributed by atoms with Crippen molar-refractivity contribution < 1.29 is 14.3 Å². The molecule has 6 nitrogen and oxygen atoms in total. The van der Waals surface area contributed by atoms with Gasteiger partial charge in [0, 0.05) is 18.5 Å². The average molecular weight is 392 g/mol. The number of nitrogens with two attached hydrogens (primary N) is 1. The number of hydrogen-bond acceptors (Lipinski definition) is 6. The Balaban J connectivity index is 0.00000288. The van der Waals surface area contributed by atoms with Crippen LogP contribution in [0.3, 0.4) is 0 Å². The summed E-state index contributed by atoms with van der Waals surface area (Å²) in [7, 11) is 0. The lowest BCUT2D eigenvalue weighted by Crippen LogP contribution is -2.15. The monoisotopic (exact) mass is 391 g/mol. The molecule has 1 heterocycles. The van der Waals surface area contributed by atoms with Crippen LogP contribution in [0.15, 0.2) is 23.6 Å². The molecule has 1 amide bonds. The highest BCUT2D eigenvalue weighted by Crippen LogP contribution is 2.33. The molecule has 132 valence electrons. The van der Waals surface area contributed by atoms with Crippen molar-refractivity contribution >= 4 is 46.9 Å². The predicted molar refractivity (Wildman–Crippen MR) is 98.6 cm³/mol. The Labute approximate surface area is 155 Å². The summed E-state index contributed by atoms with van der Waals surface area (Å²) in [6.07, 6.45) is 0.